The summed E-state index contributed by atoms with van der Waals surface area (Å²) in [7, 11) is -2.28. The number of halogens is 1. The van der Waals surface area contributed by atoms with Crippen LogP contribution < -0.4 is 19.5 Å². The minimum Gasteiger partial charge on any atom is -0.493 e. The number of hydrogen-bond acceptors (Lipinski definition) is 5. The molecule has 0 heterocycles. The number of benzene rings is 3. The van der Waals surface area contributed by atoms with Gasteiger partial charge in [-0.2, -0.15) is 0 Å². The molecule has 7 nitrogen and oxygen atoms in total. The molecule has 9 heteroatoms. The Balaban J connectivity index is 1.68. The average Bonchev–Trinajstić information content (AvgIpc) is 2.77. The van der Waals surface area contributed by atoms with Gasteiger partial charge in [-0.3, -0.25) is 9.52 Å². The summed E-state index contributed by atoms with van der Waals surface area (Å²) in [5, 5.41) is 3.17. The van der Waals surface area contributed by atoms with E-state index in [-0.39, 0.29) is 10.8 Å². The van der Waals surface area contributed by atoms with E-state index in [0.29, 0.717) is 34.3 Å². The van der Waals surface area contributed by atoms with Crippen LogP contribution in [0.5, 0.6) is 11.5 Å². The normalized spacial score (nSPS) is 12.0. The van der Waals surface area contributed by atoms with Crippen LogP contribution in [0, 0.1) is 0 Å². The van der Waals surface area contributed by atoms with Crippen molar-refractivity contribution in [2.75, 3.05) is 17.1 Å². The van der Waals surface area contributed by atoms with Gasteiger partial charge in [0.05, 0.1) is 17.7 Å². The number of rotatable bonds is 9. The second kappa shape index (κ2) is 10.4. The van der Waals surface area contributed by atoms with Gasteiger partial charge in [0.25, 0.3) is 15.9 Å². The van der Waals surface area contributed by atoms with Crippen molar-refractivity contribution in [1.82, 2.24) is 0 Å². The second-order valence-corrected chi connectivity index (χ2v) is 8.91. The molecular weight excluding hydrogens is 452 g/mol. The van der Waals surface area contributed by atoms with Gasteiger partial charge in [-0.05, 0) is 61.0 Å². The Bertz CT molecular complexity index is 1180. The highest BCUT2D eigenvalue weighted by Crippen LogP contribution is 2.28. The zero-order valence-electron chi connectivity index (χ0n) is 17.5. The Labute approximate surface area is 192 Å². The standard InChI is InChI=1S/C23H23ClN2O5S/c1-3-20(31-22-10-5-4-9-21(22)30-2)23(27)25-17-11-13-19(14-12-17)32(28,29)26-18-8-6-7-16(24)15-18/h4-15,20,26H,3H2,1-2H3,(H,25,27)/t20-/m1/s1. The fourth-order valence-corrected chi connectivity index (χ4v) is 4.14. The smallest absolute Gasteiger partial charge is 0.265 e. The third-order valence-corrected chi connectivity index (χ3v) is 6.14. The second-order valence-electron chi connectivity index (χ2n) is 6.80. The van der Waals surface area contributed by atoms with Crippen LogP contribution in [0.1, 0.15) is 13.3 Å². The topological polar surface area (TPSA) is 93.7 Å². The number of para-hydroxylation sites is 2. The van der Waals surface area contributed by atoms with Gasteiger partial charge in [0, 0.05) is 10.7 Å². The van der Waals surface area contributed by atoms with E-state index >= 15 is 0 Å². The molecule has 0 aromatic heterocycles. The van der Waals surface area contributed by atoms with Gasteiger partial charge >= 0.3 is 0 Å². The minimum absolute atomic E-state index is 0.0489. The van der Waals surface area contributed by atoms with E-state index in [1.54, 1.807) is 36.4 Å². The zero-order chi connectivity index (χ0) is 23.1. The fourth-order valence-electron chi connectivity index (χ4n) is 2.90. The van der Waals surface area contributed by atoms with Crippen molar-refractivity contribution < 1.29 is 22.7 Å². The van der Waals surface area contributed by atoms with Gasteiger partial charge in [0.15, 0.2) is 17.6 Å². The van der Waals surface area contributed by atoms with E-state index in [1.165, 1.54) is 37.4 Å². The van der Waals surface area contributed by atoms with Gasteiger partial charge in [-0.25, -0.2) is 8.42 Å². The maximum Gasteiger partial charge on any atom is 0.265 e. The van der Waals surface area contributed by atoms with E-state index in [2.05, 4.69) is 10.0 Å². The lowest BCUT2D eigenvalue weighted by Gasteiger charge is -2.19. The average molecular weight is 475 g/mol. The molecule has 1 amide bonds. The molecule has 0 radical (unpaired) electrons. The van der Waals surface area contributed by atoms with E-state index in [1.807, 2.05) is 13.0 Å². The number of carbonyl (C=O) groups excluding carboxylic acids is 1. The Morgan fingerprint density at radius 2 is 1.66 bits per heavy atom. The summed E-state index contributed by atoms with van der Waals surface area (Å²) in [5.41, 5.74) is 0.799. The van der Waals surface area contributed by atoms with Crippen molar-refractivity contribution in [2.24, 2.45) is 0 Å². The monoisotopic (exact) mass is 474 g/mol. The van der Waals surface area contributed by atoms with Crippen molar-refractivity contribution in [3.63, 3.8) is 0 Å². The number of sulfonamides is 1. The molecule has 0 aliphatic rings. The van der Waals surface area contributed by atoms with E-state index in [9.17, 15) is 13.2 Å². The maximum absolute atomic E-state index is 12.7. The highest BCUT2D eigenvalue weighted by molar-refractivity contribution is 7.92. The Hall–Kier alpha value is -3.23. The Kier molecular flexibility index (Phi) is 7.61. The van der Waals surface area contributed by atoms with Gasteiger partial charge in [0.1, 0.15) is 0 Å². The van der Waals surface area contributed by atoms with E-state index in [4.69, 9.17) is 21.1 Å². The first-order chi connectivity index (χ1) is 15.3. The largest absolute Gasteiger partial charge is 0.493 e. The summed E-state index contributed by atoms with van der Waals surface area (Å²) in [6, 6.07) is 19.3. The molecule has 0 saturated carbocycles. The summed E-state index contributed by atoms with van der Waals surface area (Å²) in [4.78, 5) is 12.7. The predicted octanol–water partition coefficient (Wildman–Crippen LogP) is 4.95. The van der Waals surface area contributed by atoms with Gasteiger partial charge in [-0.15, -0.1) is 0 Å². The minimum atomic E-state index is -3.80. The molecule has 3 aromatic rings. The van der Waals surface area contributed by atoms with Crippen LogP contribution >= 0.6 is 11.6 Å². The molecule has 0 fully saturated rings. The molecule has 0 spiro atoms. The summed E-state index contributed by atoms with van der Waals surface area (Å²) < 4.78 is 38.7. The molecule has 168 valence electrons. The number of ether oxygens (including phenoxy) is 2. The first-order valence-electron chi connectivity index (χ1n) is 9.81. The SMILES string of the molecule is CC[C@@H](Oc1ccccc1OC)C(=O)Nc1ccc(S(=O)(=O)Nc2cccc(Cl)c2)cc1. The molecule has 2 N–H and O–H groups in total. The zero-order valence-corrected chi connectivity index (χ0v) is 19.1. The summed E-state index contributed by atoms with van der Waals surface area (Å²) in [5.74, 6) is 0.636. The Morgan fingerprint density at radius 1 is 0.969 bits per heavy atom. The Morgan fingerprint density at radius 3 is 2.28 bits per heavy atom. The lowest BCUT2D eigenvalue weighted by Crippen LogP contribution is -2.32. The van der Waals surface area contributed by atoms with Crippen LogP contribution in [0.15, 0.2) is 77.7 Å². The van der Waals surface area contributed by atoms with Crippen LogP contribution in [0.25, 0.3) is 0 Å². The van der Waals surface area contributed by atoms with Crippen molar-refractivity contribution in [3.05, 3.63) is 77.8 Å². The molecule has 0 aliphatic heterocycles. The van der Waals surface area contributed by atoms with Crippen LogP contribution in [-0.2, 0) is 14.8 Å². The number of amides is 1. The molecule has 0 aliphatic carbocycles. The fraction of sp³-hybridized carbons (Fsp3) is 0.174. The molecule has 1 atom stereocenters. The summed E-state index contributed by atoms with van der Waals surface area (Å²) >= 11 is 5.90. The molecule has 32 heavy (non-hydrogen) atoms. The number of carbonyl (C=O) groups is 1. The highest BCUT2D eigenvalue weighted by Gasteiger charge is 2.21. The predicted molar refractivity (Wildman–Crippen MR) is 125 cm³/mol. The van der Waals surface area contributed by atoms with Gasteiger partial charge in [-0.1, -0.05) is 36.7 Å². The van der Waals surface area contributed by atoms with Crippen LogP contribution in [0.3, 0.4) is 0 Å². The molecular formula is C23H23ClN2O5S. The summed E-state index contributed by atoms with van der Waals surface area (Å²) in [6.07, 6.45) is -0.320. The van der Waals surface area contributed by atoms with Crippen molar-refractivity contribution in [3.8, 4) is 11.5 Å². The first kappa shape index (κ1) is 23.4. The van der Waals surface area contributed by atoms with E-state index in [0.717, 1.165) is 0 Å². The molecule has 3 aromatic carbocycles. The highest BCUT2D eigenvalue weighted by atomic mass is 35.5. The summed E-state index contributed by atoms with van der Waals surface area (Å²) in [6.45, 7) is 1.83. The maximum atomic E-state index is 12.7. The lowest BCUT2D eigenvalue weighted by molar-refractivity contribution is -0.122. The molecule has 0 bridgehead atoms. The number of methoxy groups -OCH3 is 1. The molecule has 0 unspecified atom stereocenters. The first-order valence-corrected chi connectivity index (χ1v) is 11.7. The molecule has 0 saturated heterocycles. The number of nitrogens with one attached hydrogen (secondary N) is 2. The van der Waals surface area contributed by atoms with Crippen molar-refractivity contribution in [1.29, 1.82) is 0 Å². The van der Waals surface area contributed by atoms with Gasteiger partial charge in [0.2, 0.25) is 0 Å². The quantitative estimate of drug-likeness (QED) is 0.458. The number of hydrogen-bond donors (Lipinski definition) is 2. The van der Waals surface area contributed by atoms with Gasteiger partial charge < -0.3 is 14.8 Å². The third-order valence-electron chi connectivity index (χ3n) is 4.51. The number of anilines is 2. The lowest BCUT2D eigenvalue weighted by atomic mass is 10.2. The van der Waals surface area contributed by atoms with Crippen molar-refractivity contribution in [2.45, 2.75) is 24.3 Å². The van der Waals surface area contributed by atoms with Crippen LogP contribution in [0.2, 0.25) is 5.02 Å². The van der Waals surface area contributed by atoms with Crippen LogP contribution in [0.4, 0.5) is 11.4 Å². The third kappa shape index (κ3) is 5.93. The van der Waals surface area contributed by atoms with Crippen molar-refractivity contribution >= 4 is 38.9 Å². The molecule has 3 rings (SSSR count). The van der Waals surface area contributed by atoms with Crippen LogP contribution in [-0.4, -0.2) is 27.5 Å². The van der Waals surface area contributed by atoms with E-state index < -0.39 is 16.1 Å².